The fourth-order valence-corrected chi connectivity index (χ4v) is 1.46. The number of aromatic hydroxyl groups is 1. The van der Waals surface area contributed by atoms with Gasteiger partial charge < -0.3 is 5.11 Å². The molecule has 66 valence electrons. The molecule has 0 saturated carbocycles. The van der Waals surface area contributed by atoms with Crippen molar-refractivity contribution in [1.29, 1.82) is 0 Å². The van der Waals surface area contributed by atoms with E-state index in [-0.39, 0.29) is 5.75 Å². The van der Waals surface area contributed by atoms with Crippen molar-refractivity contribution in [2.45, 2.75) is 0 Å². The third-order valence-electron chi connectivity index (χ3n) is 1.60. The van der Waals surface area contributed by atoms with Crippen LogP contribution in [0.15, 0.2) is 22.8 Å². The second-order valence-electron chi connectivity index (χ2n) is 2.46. The molecule has 0 aliphatic rings. The number of aromatic nitrogens is 2. The average molecular weight is 259 g/mol. The summed E-state index contributed by atoms with van der Waals surface area (Å²) in [5.41, 5.74) is 1.02. The predicted octanol–water partition coefficient (Wildman–Crippen LogP) is 2.75. The standard InChI is InChI=1S/C8H4BrClN2O/c9-4-3-5-7(12-8(4)10)6(13)1-2-11-5/h1-3H,(H,11,13). The highest BCUT2D eigenvalue weighted by Crippen LogP contribution is 2.27. The van der Waals surface area contributed by atoms with Crippen molar-refractivity contribution in [3.05, 3.63) is 28.0 Å². The lowest BCUT2D eigenvalue weighted by molar-refractivity contribution is 0.480. The van der Waals surface area contributed by atoms with E-state index in [9.17, 15) is 5.11 Å². The maximum Gasteiger partial charge on any atom is 0.145 e. The van der Waals surface area contributed by atoms with Crippen LogP contribution in [0.3, 0.4) is 0 Å². The lowest BCUT2D eigenvalue weighted by Crippen LogP contribution is -1.84. The zero-order valence-corrected chi connectivity index (χ0v) is 8.67. The Labute approximate surface area is 87.5 Å². The van der Waals surface area contributed by atoms with E-state index in [2.05, 4.69) is 25.9 Å². The third-order valence-corrected chi connectivity index (χ3v) is 2.72. The van der Waals surface area contributed by atoms with Crippen molar-refractivity contribution < 1.29 is 5.11 Å². The second kappa shape index (κ2) is 3.12. The van der Waals surface area contributed by atoms with Gasteiger partial charge in [0.15, 0.2) is 0 Å². The molecule has 5 heteroatoms. The molecule has 13 heavy (non-hydrogen) atoms. The van der Waals surface area contributed by atoms with Crippen LogP contribution in [0.25, 0.3) is 11.0 Å². The van der Waals surface area contributed by atoms with E-state index in [0.29, 0.717) is 20.7 Å². The fraction of sp³-hybridized carbons (Fsp3) is 0. The maximum absolute atomic E-state index is 9.41. The predicted molar refractivity (Wildman–Crippen MR) is 53.9 cm³/mol. The van der Waals surface area contributed by atoms with Gasteiger partial charge in [-0.15, -0.1) is 0 Å². The van der Waals surface area contributed by atoms with E-state index in [4.69, 9.17) is 11.6 Å². The van der Waals surface area contributed by atoms with Crippen LogP contribution in [0.1, 0.15) is 0 Å². The van der Waals surface area contributed by atoms with Crippen LogP contribution >= 0.6 is 27.5 Å². The molecular weight excluding hydrogens is 255 g/mol. The van der Waals surface area contributed by atoms with E-state index in [1.54, 1.807) is 6.07 Å². The van der Waals surface area contributed by atoms with Gasteiger partial charge in [-0.1, -0.05) is 11.6 Å². The van der Waals surface area contributed by atoms with Crippen molar-refractivity contribution in [1.82, 2.24) is 9.97 Å². The van der Waals surface area contributed by atoms with Gasteiger partial charge in [-0.25, -0.2) is 4.98 Å². The van der Waals surface area contributed by atoms with Crippen LogP contribution in [0, 0.1) is 0 Å². The maximum atomic E-state index is 9.41. The molecule has 0 aliphatic heterocycles. The van der Waals surface area contributed by atoms with Gasteiger partial charge >= 0.3 is 0 Å². The van der Waals surface area contributed by atoms with Gasteiger partial charge in [-0.2, -0.15) is 0 Å². The van der Waals surface area contributed by atoms with Crippen molar-refractivity contribution in [3.63, 3.8) is 0 Å². The summed E-state index contributed by atoms with van der Waals surface area (Å²) in [5.74, 6) is 0.0828. The van der Waals surface area contributed by atoms with Crippen LogP contribution in [-0.2, 0) is 0 Å². The molecule has 2 aromatic rings. The lowest BCUT2D eigenvalue weighted by Gasteiger charge is -2.00. The largest absolute Gasteiger partial charge is 0.506 e. The summed E-state index contributed by atoms with van der Waals surface area (Å²) in [6.45, 7) is 0. The minimum atomic E-state index is 0.0828. The second-order valence-corrected chi connectivity index (χ2v) is 3.67. The van der Waals surface area contributed by atoms with E-state index in [0.717, 1.165) is 0 Å². The molecule has 1 N–H and O–H groups in total. The molecule has 0 aliphatic carbocycles. The molecule has 2 aromatic heterocycles. The highest BCUT2D eigenvalue weighted by molar-refractivity contribution is 9.10. The van der Waals surface area contributed by atoms with Crippen molar-refractivity contribution in [3.8, 4) is 5.75 Å². The summed E-state index contributed by atoms with van der Waals surface area (Å²) in [6, 6.07) is 3.18. The Morgan fingerprint density at radius 3 is 3.00 bits per heavy atom. The summed E-state index contributed by atoms with van der Waals surface area (Å²) < 4.78 is 0.666. The Morgan fingerprint density at radius 2 is 2.23 bits per heavy atom. The topological polar surface area (TPSA) is 46.0 Å². The number of halogens is 2. The first-order valence-corrected chi connectivity index (χ1v) is 4.65. The van der Waals surface area contributed by atoms with E-state index in [1.807, 2.05) is 0 Å². The average Bonchev–Trinajstić information content (AvgIpc) is 2.09. The van der Waals surface area contributed by atoms with Crippen LogP contribution in [0.2, 0.25) is 5.15 Å². The van der Waals surface area contributed by atoms with Gasteiger partial charge in [0, 0.05) is 12.3 Å². The van der Waals surface area contributed by atoms with E-state index < -0.39 is 0 Å². The van der Waals surface area contributed by atoms with Crippen LogP contribution in [-0.4, -0.2) is 15.1 Å². The zero-order chi connectivity index (χ0) is 9.42. The first-order chi connectivity index (χ1) is 6.18. The Balaban J connectivity index is 2.89. The molecule has 0 radical (unpaired) electrons. The molecule has 0 unspecified atom stereocenters. The summed E-state index contributed by atoms with van der Waals surface area (Å²) in [5, 5.41) is 9.73. The molecule has 0 spiro atoms. The molecule has 0 saturated heterocycles. The van der Waals surface area contributed by atoms with Gasteiger partial charge in [-0.3, -0.25) is 4.98 Å². The Morgan fingerprint density at radius 1 is 1.46 bits per heavy atom. The highest BCUT2D eigenvalue weighted by atomic mass is 79.9. The van der Waals surface area contributed by atoms with Crippen molar-refractivity contribution >= 4 is 38.6 Å². The molecule has 2 rings (SSSR count). The molecule has 0 aromatic carbocycles. The van der Waals surface area contributed by atoms with Gasteiger partial charge in [0.1, 0.15) is 16.4 Å². The summed E-state index contributed by atoms with van der Waals surface area (Å²) >= 11 is 8.99. The number of pyridine rings is 2. The summed E-state index contributed by atoms with van der Waals surface area (Å²) in [7, 11) is 0. The van der Waals surface area contributed by atoms with Gasteiger partial charge in [0.05, 0.1) is 9.99 Å². The first-order valence-electron chi connectivity index (χ1n) is 3.48. The molecule has 0 bridgehead atoms. The highest BCUT2D eigenvalue weighted by Gasteiger charge is 2.05. The van der Waals surface area contributed by atoms with Gasteiger partial charge in [0.2, 0.25) is 0 Å². The summed E-state index contributed by atoms with van der Waals surface area (Å²) in [6.07, 6.45) is 1.51. The zero-order valence-electron chi connectivity index (χ0n) is 6.33. The van der Waals surface area contributed by atoms with Crippen molar-refractivity contribution in [2.75, 3.05) is 0 Å². The Hall–Kier alpha value is -0.870. The molecular formula is C8H4BrClN2O. The smallest absolute Gasteiger partial charge is 0.145 e. The Kier molecular flexibility index (Phi) is 2.09. The van der Waals surface area contributed by atoms with E-state index >= 15 is 0 Å². The molecule has 2 heterocycles. The van der Waals surface area contributed by atoms with Crippen LogP contribution in [0.5, 0.6) is 5.75 Å². The molecule has 0 atom stereocenters. The molecule has 0 fully saturated rings. The van der Waals surface area contributed by atoms with Gasteiger partial charge in [0.25, 0.3) is 0 Å². The minimum absolute atomic E-state index is 0.0828. The number of fused-ring (bicyclic) bond motifs is 1. The normalized spacial score (nSPS) is 10.6. The van der Waals surface area contributed by atoms with Crippen molar-refractivity contribution in [2.24, 2.45) is 0 Å². The van der Waals surface area contributed by atoms with Gasteiger partial charge in [-0.05, 0) is 22.0 Å². The van der Waals surface area contributed by atoms with E-state index in [1.165, 1.54) is 12.3 Å². The number of nitrogens with zero attached hydrogens (tertiary/aromatic N) is 2. The van der Waals surface area contributed by atoms with Crippen LogP contribution in [0.4, 0.5) is 0 Å². The lowest BCUT2D eigenvalue weighted by atomic mass is 10.3. The monoisotopic (exact) mass is 258 g/mol. The molecule has 3 nitrogen and oxygen atoms in total. The number of hydrogen-bond donors (Lipinski definition) is 1. The first kappa shape index (κ1) is 8.72. The Bertz CT molecular complexity index is 475. The molecule has 0 amide bonds. The quantitative estimate of drug-likeness (QED) is 0.740. The number of rotatable bonds is 0. The summed E-state index contributed by atoms with van der Waals surface area (Å²) in [4.78, 5) is 8.01. The number of hydrogen-bond acceptors (Lipinski definition) is 3. The fourth-order valence-electron chi connectivity index (χ4n) is 1.01. The third kappa shape index (κ3) is 1.47. The van der Waals surface area contributed by atoms with Crippen LogP contribution < -0.4 is 0 Å². The SMILES string of the molecule is Oc1ccnc2cc(Br)c(Cl)nc12. The minimum Gasteiger partial charge on any atom is -0.506 e.